The largest absolute Gasteiger partial charge is 0.492 e. The van der Waals surface area contributed by atoms with Crippen molar-refractivity contribution in [3.63, 3.8) is 0 Å². The Morgan fingerprint density at radius 1 is 1.19 bits per heavy atom. The summed E-state index contributed by atoms with van der Waals surface area (Å²) in [4.78, 5) is 19.9. The number of carbonyl (C=O) groups excluding carboxylic acids is 1. The van der Waals surface area contributed by atoms with Crippen molar-refractivity contribution in [1.29, 1.82) is 0 Å². The molecule has 9 nitrogen and oxygen atoms in total. The number of fused-ring (bicyclic) bond motifs is 1. The summed E-state index contributed by atoms with van der Waals surface area (Å²) in [7, 11) is 1.75. The molecule has 0 spiro atoms. The van der Waals surface area contributed by atoms with Gasteiger partial charge in [0.05, 0.1) is 13.2 Å². The first-order chi connectivity index (χ1) is 13.2. The van der Waals surface area contributed by atoms with Crippen LogP contribution in [0, 0.1) is 0 Å². The van der Waals surface area contributed by atoms with Crippen LogP contribution in [0.25, 0.3) is 0 Å². The van der Waals surface area contributed by atoms with Gasteiger partial charge < -0.3 is 34.1 Å². The van der Waals surface area contributed by atoms with E-state index in [9.17, 15) is 4.79 Å². The second-order valence-corrected chi connectivity index (χ2v) is 6.01. The zero-order valence-corrected chi connectivity index (χ0v) is 15.8. The third-order valence-corrected chi connectivity index (χ3v) is 4.31. The zero-order chi connectivity index (χ0) is 19.1. The Kier molecular flexibility index (Phi) is 6.45. The topological polar surface area (TPSA) is 84.9 Å². The molecule has 0 radical (unpaired) electrons. The second-order valence-electron chi connectivity index (χ2n) is 6.01. The fourth-order valence-electron chi connectivity index (χ4n) is 2.95. The first-order valence-corrected chi connectivity index (χ1v) is 9.11. The lowest BCUT2D eigenvalue weighted by atomic mass is 10.3. The molecule has 2 aliphatic rings. The van der Waals surface area contributed by atoms with E-state index in [1.165, 1.54) is 0 Å². The number of rotatable bonds is 5. The Bertz CT molecular complexity index is 674. The van der Waals surface area contributed by atoms with Crippen molar-refractivity contribution in [2.45, 2.75) is 6.92 Å². The minimum absolute atomic E-state index is 0.250. The van der Waals surface area contributed by atoms with Gasteiger partial charge in [-0.3, -0.25) is 4.99 Å². The van der Waals surface area contributed by atoms with Crippen LogP contribution in [0.5, 0.6) is 17.2 Å². The van der Waals surface area contributed by atoms with E-state index in [4.69, 9.17) is 18.9 Å². The van der Waals surface area contributed by atoms with E-state index < -0.39 is 0 Å². The van der Waals surface area contributed by atoms with Gasteiger partial charge in [-0.25, -0.2) is 4.79 Å². The number of nitrogens with one attached hydrogen (secondary N) is 1. The second kappa shape index (κ2) is 9.20. The van der Waals surface area contributed by atoms with E-state index in [1.54, 1.807) is 11.9 Å². The number of nitrogens with zero attached hydrogens (tertiary/aromatic N) is 3. The Labute approximate surface area is 158 Å². The summed E-state index contributed by atoms with van der Waals surface area (Å²) in [6.45, 7) is 6.21. The molecule has 2 aliphatic heterocycles. The summed E-state index contributed by atoms with van der Waals surface area (Å²) in [5.41, 5.74) is 0. The van der Waals surface area contributed by atoms with Gasteiger partial charge >= 0.3 is 6.09 Å². The molecule has 148 valence electrons. The van der Waals surface area contributed by atoms with Crippen LogP contribution in [0.1, 0.15) is 6.92 Å². The van der Waals surface area contributed by atoms with Crippen LogP contribution in [0.3, 0.4) is 0 Å². The summed E-state index contributed by atoms with van der Waals surface area (Å²) in [6, 6.07) is 5.52. The third kappa shape index (κ3) is 4.87. The van der Waals surface area contributed by atoms with Crippen LogP contribution in [-0.2, 0) is 4.74 Å². The molecule has 1 aromatic carbocycles. The molecule has 1 amide bonds. The molecule has 0 saturated carbocycles. The predicted molar refractivity (Wildman–Crippen MR) is 99.6 cm³/mol. The summed E-state index contributed by atoms with van der Waals surface area (Å²) in [5.74, 6) is 2.98. The van der Waals surface area contributed by atoms with Crippen molar-refractivity contribution in [1.82, 2.24) is 15.1 Å². The monoisotopic (exact) mass is 378 g/mol. The number of piperazine rings is 1. The maximum atomic E-state index is 11.8. The minimum atomic E-state index is -0.253. The van der Waals surface area contributed by atoms with Gasteiger partial charge in [0.1, 0.15) is 12.4 Å². The third-order valence-electron chi connectivity index (χ3n) is 4.31. The molecule has 0 aliphatic carbocycles. The number of amides is 1. The highest BCUT2D eigenvalue weighted by Gasteiger charge is 2.23. The molecule has 2 heterocycles. The van der Waals surface area contributed by atoms with Gasteiger partial charge in [0, 0.05) is 39.3 Å². The molecule has 3 rings (SSSR count). The molecule has 0 unspecified atom stereocenters. The Morgan fingerprint density at radius 2 is 1.93 bits per heavy atom. The molecule has 1 saturated heterocycles. The molecule has 0 atom stereocenters. The molecule has 1 fully saturated rings. The molecule has 0 bridgehead atoms. The molecular weight excluding hydrogens is 352 g/mol. The minimum Gasteiger partial charge on any atom is -0.492 e. The van der Waals surface area contributed by atoms with E-state index in [-0.39, 0.29) is 12.9 Å². The van der Waals surface area contributed by atoms with E-state index in [0.717, 1.165) is 17.5 Å². The molecule has 0 aromatic heterocycles. The first-order valence-electron chi connectivity index (χ1n) is 9.11. The Morgan fingerprint density at radius 3 is 2.67 bits per heavy atom. The van der Waals surface area contributed by atoms with Crippen molar-refractivity contribution in [3.8, 4) is 17.2 Å². The summed E-state index contributed by atoms with van der Waals surface area (Å²) in [5, 5.41) is 3.29. The summed E-state index contributed by atoms with van der Waals surface area (Å²) < 4.78 is 21.4. The maximum Gasteiger partial charge on any atom is 0.409 e. The Balaban J connectivity index is 1.39. The van der Waals surface area contributed by atoms with Gasteiger partial charge in [-0.15, -0.1) is 0 Å². The lowest BCUT2D eigenvalue weighted by molar-refractivity contribution is 0.0914. The van der Waals surface area contributed by atoms with Crippen molar-refractivity contribution < 1.29 is 23.7 Å². The van der Waals surface area contributed by atoms with Crippen LogP contribution in [-0.4, -0.2) is 81.6 Å². The molecule has 1 N–H and O–H groups in total. The fraction of sp³-hybridized carbons (Fsp3) is 0.556. The van der Waals surface area contributed by atoms with E-state index in [0.29, 0.717) is 51.7 Å². The average Bonchev–Trinajstić information content (AvgIpc) is 3.16. The first kappa shape index (κ1) is 18.9. The SMILES string of the molecule is CCOC(=O)N1CCN(C(=NC)NCCOc2ccc3c(c2)OCO3)CC1. The number of ether oxygens (including phenoxy) is 4. The highest BCUT2D eigenvalue weighted by Crippen LogP contribution is 2.34. The van der Waals surface area contributed by atoms with Crippen LogP contribution in [0.2, 0.25) is 0 Å². The molecule has 9 heteroatoms. The van der Waals surface area contributed by atoms with Crippen LogP contribution in [0.15, 0.2) is 23.2 Å². The van der Waals surface area contributed by atoms with Crippen molar-refractivity contribution in [2.24, 2.45) is 4.99 Å². The van der Waals surface area contributed by atoms with Crippen LogP contribution in [0.4, 0.5) is 4.79 Å². The zero-order valence-electron chi connectivity index (χ0n) is 15.8. The number of hydrogen-bond acceptors (Lipinski definition) is 6. The standard InChI is InChI=1S/C18H26N4O5/c1-3-24-18(23)22-9-7-21(8-10-22)17(19-2)20-6-11-25-14-4-5-15-16(12-14)27-13-26-15/h4-5,12H,3,6-11,13H2,1-2H3,(H,19,20). The predicted octanol–water partition coefficient (Wildman–Crippen LogP) is 1.14. The average molecular weight is 378 g/mol. The van der Waals surface area contributed by atoms with E-state index in [2.05, 4.69) is 15.2 Å². The van der Waals surface area contributed by atoms with Crippen LogP contribution < -0.4 is 19.5 Å². The lowest BCUT2D eigenvalue weighted by Gasteiger charge is -2.35. The van der Waals surface area contributed by atoms with Gasteiger partial charge in [-0.05, 0) is 19.1 Å². The normalized spacial score (nSPS) is 16.3. The summed E-state index contributed by atoms with van der Waals surface area (Å²) in [6.07, 6.45) is -0.253. The van der Waals surface area contributed by atoms with Gasteiger partial charge in [0.25, 0.3) is 0 Å². The van der Waals surface area contributed by atoms with E-state index >= 15 is 0 Å². The molecular formula is C18H26N4O5. The Hall–Kier alpha value is -2.84. The van der Waals surface area contributed by atoms with Crippen molar-refractivity contribution in [2.75, 3.05) is 59.8 Å². The fourth-order valence-corrected chi connectivity index (χ4v) is 2.95. The number of guanidine groups is 1. The van der Waals surface area contributed by atoms with Crippen LogP contribution >= 0.6 is 0 Å². The van der Waals surface area contributed by atoms with Crippen molar-refractivity contribution >= 4 is 12.1 Å². The van der Waals surface area contributed by atoms with E-state index in [1.807, 2.05) is 25.1 Å². The van der Waals surface area contributed by atoms with Gasteiger partial charge in [-0.1, -0.05) is 0 Å². The highest BCUT2D eigenvalue weighted by atomic mass is 16.7. The summed E-state index contributed by atoms with van der Waals surface area (Å²) >= 11 is 0. The number of aliphatic imine (C=N–C) groups is 1. The van der Waals surface area contributed by atoms with Crippen molar-refractivity contribution in [3.05, 3.63) is 18.2 Å². The van der Waals surface area contributed by atoms with Gasteiger partial charge in [-0.2, -0.15) is 0 Å². The maximum absolute atomic E-state index is 11.8. The quantitative estimate of drug-likeness (QED) is 0.467. The lowest BCUT2D eigenvalue weighted by Crippen LogP contribution is -2.54. The highest BCUT2D eigenvalue weighted by molar-refractivity contribution is 5.80. The van der Waals surface area contributed by atoms with Gasteiger partial charge in [0.2, 0.25) is 6.79 Å². The molecule has 27 heavy (non-hydrogen) atoms. The number of hydrogen-bond donors (Lipinski definition) is 1. The molecule has 1 aromatic rings. The smallest absolute Gasteiger partial charge is 0.409 e. The number of carbonyl (C=O) groups is 1. The van der Waals surface area contributed by atoms with Gasteiger partial charge in [0.15, 0.2) is 17.5 Å². The number of benzene rings is 1.